The second-order valence-corrected chi connectivity index (χ2v) is 7.70. The van der Waals surface area contributed by atoms with Gasteiger partial charge in [-0.15, -0.1) is 0 Å². The molecule has 0 unspecified atom stereocenters. The maximum atomic E-state index is 12.0. The first kappa shape index (κ1) is 15.1. The van der Waals surface area contributed by atoms with E-state index in [0.29, 0.717) is 17.9 Å². The van der Waals surface area contributed by atoms with E-state index in [0.717, 1.165) is 17.1 Å². The van der Waals surface area contributed by atoms with Crippen LogP contribution in [0.5, 0.6) is 0 Å². The fourth-order valence-electron chi connectivity index (χ4n) is 1.92. The van der Waals surface area contributed by atoms with Crippen molar-refractivity contribution in [2.75, 3.05) is 38.3 Å². The number of rotatable bonds is 6. The van der Waals surface area contributed by atoms with Gasteiger partial charge in [0.1, 0.15) is 0 Å². The Morgan fingerprint density at radius 2 is 2.05 bits per heavy atom. The average molecular weight is 299 g/mol. The van der Waals surface area contributed by atoms with Gasteiger partial charge in [-0.05, 0) is 31.0 Å². The Morgan fingerprint density at radius 3 is 2.50 bits per heavy atom. The quantitative estimate of drug-likeness (QED) is 0.672. The molecule has 4 N–H and O–H groups in total. The van der Waals surface area contributed by atoms with Crippen molar-refractivity contribution >= 4 is 21.4 Å². The van der Waals surface area contributed by atoms with Crippen molar-refractivity contribution in [2.45, 2.75) is 17.7 Å². The largest absolute Gasteiger partial charge is 0.397 e. The molecule has 1 aliphatic rings. The third-order valence-electron chi connectivity index (χ3n) is 3.75. The summed E-state index contributed by atoms with van der Waals surface area (Å²) in [5.74, 6) is 0. The zero-order valence-electron chi connectivity index (χ0n) is 11.8. The number of aliphatic hydroxyl groups excluding tert-OH is 1. The number of anilines is 2. The lowest BCUT2D eigenvalue weighted by Crippen LogP contribution is -2.23. The van der Waals surface area contributed by atoms with Crippen molar-refractivity contribution in [3.63, 3.8) is 0 Å². The maximum Gasteiger partial charge on any atom is 0.242 e. The van der Waals surface area contributed by atoms with E-state index >= 15 is 0 Å². The molecule has 0 heterocycles. The number of nitrogens with two attached hydrogens (primary N) is 1. The van der Waals surface area contributed by atoms with Crippen LogP contribution in [0.15, 0.2) is 23.1 Å². The molecule has 6 nitrogen and oxygen atoms in total. The minimum Gasteiger partial charge on any atom is -0.397 e. The van der Waals surface area contributed by atoms with E-state index in [9.17, 15) is 13.5 Å². The van der Waals surface area contributed by atoms with E-state index in [4.69, 9.17) is 5.73 Å². The Kier molecular flexibility index (Phi) is 3.95. The zero-order valence-corrected chi connectivity index (χ0v) is 12.6. The van der Waals surface area contributed by atoms with E-state index in [1.165, 1.54) is 26.2 Å². The summed E-state index contributed by atoms with van der Waals surface area (Å²) >= 11 is 0. The average Bonchev–Trinajstić information content (AvgIpc) is 3.17. The highest BCUT2D eigenvalue weighted by Gasteiger charge is 2.41. The molecule has 2 rings (SSSR count). The molecular weight excluding hydrogens is 278 g/mol. The van der Waals surface area contributed by atoms with Crippen LogP contribution >= 0.6 is 0 Å². The highest BCUT2D eigenvalue weighted by molar-refractivity contribution is 7.89. The third kappa shape index (κ3) is 2.89. The van der Waals surface area contributed by atoms with Gasteiger partial charge in [0.05, 0.1) is 22.9 Å². The second-order valence-electron chi connectivity index (χ2n) is 5.55. The van der Waals surface area contributed by atoms with Gasteiger partial charge in [-0.2, -0.15) is 0 Å². The lowest BCUT2D eigenvalue weighted by atomic mass is 10.1. The van der Waals surface area contributed by atoms with Crippen molar-refractivity contribution in [3.05, 3.63) is 18.2 Å². The van der Waals surface area contributed by atoms with Gasteiger partial charge in [0, 0.05) is 26.1 Å². The minimum absolute atomic E-state index is 0.0270. The SMILES string of the molecule is CN(C)S(=O)(=O)c1ccc(NCC2(CO)CC2)c(N)c1. The number of hydrogen-bond donors (Lipinski definition) is 3. The number of nitrogens with one attached hydrogen (secondary N) is 1. The van der Waals surface area contributed by atoms with Gasteiger partial charge in [-0.3, -0.25) is 0 Å². The number of sulfonamides is 1. The van der Waals surface area contributed by atoms with E-state index < -0.39 is 10.0 Å². The summed E-state index contributed by atoms with van der Waals surface area (Å²) in [4.78, 5) is 0.175. The standard InChI is InChI=1S/C13H21N3O3S/c1-16(2)20(18,19)10-3-4-12(11(14)7-10)15-8-13(9-17)5-6-13/h3-4,7,15,17H,5-6,8-9,14H2,1-2H3. The Balaban J connectivity index is 2.14. The molecule has 7 heteroatoms. The van der Waals surface area contributed by atoms with Crippen LogP contribution in [0.1, 0.15) is 12.8 Å². The van der Waals surface area contributed by atoms with Crippen LogP contribution in [0.25, 0.3) is 0 Å². The number of aliphatic hydroxyl groups is 1. The van der Waals surface area contributed by atoms with Gasteiger partial charge in [0.25, 0.3) is 0 Å². The number of hydrogen-bond acceptors (Lipinski definition) is 5. The van der Waals surface area contributed by atoms with Gasteiger partial charge in [0.2, 0.25) is 10.0 Å². The van der Waals surface area contributed by atoms with E-state index in [1.807, 2.05) is 0 Å². The third-order valence-corrected chi connectivity index (χ3v) is 5.56. The lowest BCUT2D eigenvalue weighted by molar-refractivity contribution is 0.220. The first-order valence-corrected chi connectivity index (χ1v) is 7.92. The predicted octanol–water partition coefficient (Wildman–Crippen LogP) is 0.704. The maximum absolute atomic E-state index is 12.0. The van der Waals surface area contributed by atoms with E-state index in [2.05, 4.69) is 5.32 Å². The van der Waals surface area contributed by atoms with Crippen LogP contribution in [-0.2, 0) is 10.0 Å². The Hall–Kier alpha value is -1.31. The smallest absolute Gasteiger partial charge is 0.242 e. The van der Waals surface area contributed by atoms with Crippen LogP contribution in [0.4, 0.5) is 11.4 Å². The molecule has 1 saturated carbocycles. The van der Waals surface area contributed by atoms with Crippen LogP contribution < -0.4 is 11.1 Å². The first-order valence-electron chi connectivity index (χ1n) is 6.48. The van der Waals surface area contributed by atoms with Crippen molar-refractivity contribution in [3.8, 4) is 0 Å². The first-order chi connectivity index (χ1) is 9.31. The molecule has 1 aliphatic carbocycles. The Labute approximate surface area is 119 Å². The van der Waals surface area contributed by atoms with Crippen LogP contribution in [-0.4, -0.2) is 45.1 Å². The topological polar surface area (TPSA) is 95.7 Å². The molecule has 1 aromatic rings. The molecule has 112 valence electrons. The lowest BCUT2D eigenvalue weighted by Gasteiger charge is -2.17. The normalized spacial score (nSPS) is 17.2. The number of nitrogen functional groups attached to an aromatic ring is 1. The second kappa shape index (κ2) is 5.23. The molecule has 0 atom stereocenters. The number of nitrogens with zero attached hydrogens (tertiary/aromatic N) is 1. The summed E-state index contributed by atoms with van der Waals surface area (Å²) in [7, 11) is -0.502. The summed E-state index contributed by atoms with van der Waals surface area (Å²) in [5.41, 5.74) is 6.96. The van der Waals surface area contributed by atoms with E-state index in [-0.39, 0.29) is 16.9 Å². The Bertz CT molecular complexity index is 595. The summed E-state index contributed by atoms with van der Waals surface area (Å²) in [6.07, 6.45) is 2.01. The van der Waals surface area contributed by atoms with Gasteiger partial charge in [-0.25, -0.2) is 12.7 Å². The molecular formula is C13H21N3O3S. The fourth-order valence-corrected chi connectivity index (χ4v) is 2.86. The summed E-state index contributed by atoms with van der Waals surface area (Å²) < 4.78 is 25.1. The summed E-state index contributed by atoms with van der Waals surface area (Å²) in [5, 5.41) is 12.4. The Morgan fingerprint density at radius 1 is 1.40 bits per heavy atom. The van der Waals surface area contributed by atoms with Gasteiger partial charge < -0.3 is 16.2 Å². The van der Waals surface area contributed by atoms with Crippen molar-refractivity contribution in [1.82, 2.24) is 4.31 Å². The fraction of sp³-hybridized carbons (Fsp3) is 0.538. The van der Waals surface area contributed by atoms with Crippen LogP contribution in [0.2, 0.25) is 0 Å². The molecule has 0 amide bonds. The number of benzene rings is 1. The van der Waals surface area contributed by atoms with Gasteiger partial charge in [0.15, 0.2) is 0 Å². The predicted molar refractivity (Wildman–Crippen MR) is 79.0 cm³/mol. The molecule has 0 radical (unpaired) electrons. The van der Waals surface area contributed by atoms with Crippen LogP contribution in [0.3, 0.4) is 0 Å². The molecule has 1 aromatic carbocycles. The van der Waals surface area contributed by atoms with Crippen molar-refractivity contribution in [2.24, 2.45) is 5.41 Å². The van der Waals surface area contributed by atoms with Crippen molar-refractivity contribution in [1.29, 1.82) is 0 Å². The van der Waals surface area contributed by atoms with Gasteiger partial charge >= 0.3 is 0 Å². The molecule has 0 bridgehead atoms. The highest BCUT2D eigenvalue weighted by atomic mass is 32.2. The zero-order chi connectivity index (χ0) is 15.0. The summed E-state index contributed by atoms with van der Waals surface area (Å²) in [6, 6.07) is 4.65. The molecule has 0 aliphatic heterocycles. The van der Waals surface area contributed by atoms with Gasteiger partial charge in [-0.1, -0.05) is 0 Å². The monoisotopic (exact) mass is 299 g/mol. The molecule has 0 spiro atoms. The molecule has 0 aromatic heterocycles. The van der Waals surface area contributed by atoms with Crippen LogP contribution in [0, 0.1) is 5.41 Å². The molecule has 20 heavy (non-hydrogen) atoms. The highest BCUT2D eigenvalue weighted by Crippen LogP contribution is 2.45. The minimum atomic E-state index is -3.47. The van der Waals surface area contributed by atoms with E-state index in [1.54, 1.807) is 6.07 Å². The van der Waals surface area contributed by atoms with Crippen molar-refractivity contribution < 1.29 is 13.5 Å². The summed E-state index contributed by atoms with van der Waals surface area (Å²) in [6.45, 7) is 0.806. The molecule has 0 saturated heterocycles. The molecule has 1 fully saturated rings.